The summed E-state index contributed by atoms with van der Waals surface area (Å²) < 4.78 is 24.7. The molecule has 1 heterocycles. The Hall–Kier alpha value is -2.69. The Balaban J connectivity index is 1.41. The molecule has 1 aliphatic heterocycles. The average molecular weight is 426 g/mol. The van der Waals surface area contributed by atoms with E-state index in [1.54, 1.807) is 17.0 Å². The molecule has 1 fully saturated rings. The first-order chi connectivity index (χ1) is 14.4. The first-order valence-corrected chi connectivity index (χ1v) is 12.0. The van der Waals surface area contributed by atoms with E-state index in [1.165, 1.54) is 0 Å². The zero-order chi connectivity index (χ0) is 21.4. The molecule has 0 aromatic heterocycles. The Bertz CT molecular complexity index is 975. The fourth-order valence-electron chi connectivity index (χ4n) is 3.59. The van der Waals surface area contributed by atoms with Crippen LogP contribution < -0.4 is 0 Å². The zero-order valence-electron chi connectivity index (χ0n) is 17.0. The van der Waals surface area contributed by atoms with Crippen LogP contribution in [0.15, 0.2) is 54.6 Å². The predicted octanol–water partition coefficient (Wildman–Crippen LogP) is 2.25. The summed E-state index contributed by atoms with van der Waals surface area (Å²) in [7, 11) is -3.40. The maximum absolute atomic E-state index is 12.5. The third kappa shape index (κ3) is 6.68. The summed E-state index contributed by atoms with van der Waals surface area (Å²) in [5.41, 5.74) is 2.87. The number of benzene rings is 2. The highest BCUT2D eigenvalue weighted by Crippen LogP contribution is 2.11. The molecule has 30 heavy (non-hydrogen) atoms. The van der Waals surface area contributed by atoms with Gasteiger partial charge in [0.25, 0.3) is 0 Å². The number of hydrogen-bond donors (Lipinski definition) is 0. The van der Waals surface area contributed by atoms with E-state index in [1.807, 2.05) is 42.5 Å². The molecule has 0 atom stereocenters. The van der Waals surface area contributed by atoms with Crippen LogP contribution in [0.1, 0.15) is 23.1 Å². The summed E-state index contributed by atoms with van der Waals surface area (Å²) in [4.78, 5) is 16.4. The molecule has 0 saturated carbocycles. The van der Waals surface area contributed by atoms with Gasteiger partial charge in [-0.1, -0.05) is 42.5 Å². The van der Waals surface area contributed by atoms with E-state index in [0.29, 0.717) is 44.6 Å². The highest BCUT2D eigenvalue weighted by molar-refractivity contribution is 7.92. The standard InChI is InChI=1S/C23H27N3O3S/c24-17-21-8-10-22(11-9-21)18-25-12-14-26(15-13-25)23(27)19-30(28,29)16-4-7-20-5-2-1-3-6-20/h1-3,5-6,8-11H,4,7,12-16,18-19H2. The summed E-state index contributed by atoms with van der Waals surface area (Å²) in [6.07, 6.45) is 1.22. The van der Waals surface area contributed by atoms with E-state index in [-0.39, 0.29) is 11.7 Å². The van der Waals surface area contributed by atoms with Gasteiger partial charge in [0.2, 0.25) is 5.91 Å². The number of nitriles is 1. The number of carbonyl (C=O) groups excluding carboxylic acids is 1. The van der Waals surface area contributed by atoms with Gasteiger partial charge >= 0.3 is 0 Å². The molecular weight excluding hydrogens is 398 g/mol. The molecule has 0 radical (unpaired) electrons. The van der Waals surface area contributed by atoms with Crippen LogP contribution >= 0.6 is 0 Å². The summed E-state index contributed by atoms with van der Waals surface area (Å²) in [6, 6.07) is 19.4. The maximum Gasteiger partial charge on any atom is 0.237 e. The minimum Gasteiger partial charge on any atom is -0.339 e. The van der Waals surface area contributed by atoms with Crippen molar-refractivity contribution in [2.24, 2.45) is 0 Å². The van der Waals surface area contributed by atoms with Crippen molar-refractivity contribution in [3.8, 4) is 6.07 Å². The third-order valence-corrected chi connectivity index (χ3v) is 6.92. The molecule has 0 N–H and O–H groups in total. The van der Waals surface area contributed by atoms with Crippen LogP contribution in [0.4, 0.5) is 0 Å². The van der Waals surface area contributed by atoms with Gasteiger partial charge in [0.1, 0.15) is 5.75 Å². The summed E-state index contributed by atoms with van der Waals surface area (Å²) in [6.45, 7) is 3.24. The smallest absolute Gasteiger partial charge is 0.237 e. The van der Waals surface area contributed by atoms with Gasteiger partial charge in [-0.15, -0.1) is 0 Å². The van der Waals surface area contributed by atoms with Gasteiger partial charge in [0.05, 0.1) is 17.4 Å². The highest BCUT2D eigenvalue weighted by atomic mass is 32.2. The average Bonchev–Trinajstić information content (AvgIpc) is 2.75. The van der Waals surface area contributed by atoms with Crippen molar-refractivity contribution in [1.29, 1.82) is 5.26 Å². The van der Waals surface area contributed by atoms with Crippen LogP contribution in [0.2, 0.25) is 0 Å². The zero-order valence-corrected chi connectivity index (χ0v) is 17.9. The Labute approximate surface area is 178 Å². The van der Waals surface area contributed by atoms with E-state index in [2.05, 4.69) is 11.0 Å². The molecule has 7 heteroatoms. The maximum atomic E-state index is 12.5. The fourth-order valence-corrected chi connectivity index (χ4v) is 4.88. The lowest BCUT2D eigenvalue weighted by Gasteiger charge is -2.34. The van der Waals surface area contributed by atoms with Crippen LogP contribution in [0.3, 0.4) is 0 Å². The number of nitrogens with zero attached hydrogens (tertiary/aromatic N) is 3. The SMILES string of the molecule is N#Cc1ccc(CN2CCN(C(=O)CS(=O)(=O)CCCc3ccccc3)CC2)cc1. The van der Waals surface area contributed by atoms with Gasteiger partial charge in [0.15, 0.2) is 9.84 Å². The molecule has 1 aliphatic rings. The van der Waals surface area contributed by atoms with Crippen molar-refractivity contribution in [2.45, 2.75) is 19.4 Å². The number of piperazine rings is 1. The molecule has 6 nitrogen and oxygen atoms in total. The van der Waals surface area contributed by atoms with Crippen molar-refractivity contribution < 1.29 is 13.2 Å². The van der Waals surface area contributed by atoms with Gasteiger partial charge in [0, 0.05) is 32.7 Å². The van der Waals surface area contributed by atoms with E-state index in [0.717, 1.165) is 17.7 Å². The second kappa shape index (κ2) is 10.4. The van der Waals surface area contributed by atoms with Gasteiger partial charge in [-0.25, -0.2) is 8.42 Å². The van der Waals surface area contributed by atoms with Crippen molar-refractivity contribution >= 4 is 15.7 Å². The molecule has 158 valence electrons. The van der Waals surface area contributed by atoms with E-state index in [9.17, 15) is 13.2 Å². The first-order valence-electron chi connectivity index (χ1n) is 10.2. The Kier molecular flexibility index (Phi) is 7.61. The molecule has 1 saturated heterocycles. The molecule has 2 aromatic carbocycles. The summed E-state index contributed by atoms with van der Waals surface area (Å²) in [5, 5.41) is 8.87. The van der Waals surface area contributed by atoms with Crippen LogP contribution in [-0.2, 0) is 27.6 Å². The first kappa shape index (κ1) is 22.0. The number of amides is 1. The fraction of sp³-hybridized carbons (Fsp3) is 0.391. The second-order valence-electron chi connectivity index (χ2n) is 7.65. The molecule has 2 aromatic rings. The molecule has 0 aliphatic carbocycles. The second-order valence-corrected chi connectivity index (χ2v) is 9.83. The lowest BCUT2D eigenvalue weighted by Crippen LogP contribution is -2.49. The lowest BCUT2D eigenvalue weighted by molar-refractivity contribution is -0.130. The molecule has 0 unspecified atom stereocenters. The predicted molar refractivity (Wildman–Crippen MR) is 116 cm³/mol. The third-order valence-electron chi connectivity index (χ3n) is 5.32. The van der Waals surface area contributed by atoms with Crippen LogP contribution in [0, 0.1) is 11.3 Å². The topological polar surface area (TPSA) is 81.5 Å². The summed E-state index contributed by atoms with van der Waals surface area (Å²) in [5.74, 6) is -0.670. The van der Waals surface area contributed by atoms with Gasteiger partial charge < -0.3 is 4.90 Å². The quantitative estimate of drug-likeness (QED) is 0.648. The largest absolute Gasteiger partial charge is 0.339 e. The van der Waals surface area contributed by atoms with Crippen molar-refractivity contribution in [2.75, 3.05) is 37.7 Å². The van der Waals surface area contributed by atoms with Crippen molar-refractivity contribution in [3.05, 3.63) is 71.3 Å². The number of aryl methyl sites for hydroxylation is 1. The Morgan fingerprint density at radius 2 is 1.60 bits per heavy atom. The number of sulfone groups is 1. The van der Waals surface area contributed by atoms with Gasteiger partial charge in [-0.05, 0) is 36.1 Å². The van der Waals surface area contributed by atoms with Crippen molar-refractivity contribution in [3.63, 3.8) is 0 Å². The highest BCUT2D eigenvalue weighted by Gasteiger charge is 2.25. The van der Waals surface area contributed by atoms with Gasteiger partial charge in [-0.2, -0.15) is 5.26 Å². The van der Waals surface area contributed by atoms with Crippen LogP contribution in [0.25, 0.3) is 0 Å². The lowest BCUT2D eigenvalue weighted by atomic mass is 10.1. The molecule has 3 rings (SSSR count). The van der Waals surface area contributed by atoms with E-state index < -0.39 is 15.6 Å². The summed E-state index contributed by atoms with van der Waals surface area (Å²) >= 11 is 0. The van der Waals surface area contributed by atoms with Crippen LogP contribution in [-0.4, -0.2) is 61.8 Å². The minimum absolute atomic E-state index is 0.0340. The molecule has 0 bridgehead atoms. The Morgan fingerprint density at radius 1 is 0.933 bits per heavy atom. The molecule has 1 amide bonds. The van der Waals surface area contributed by atoms with Crippen molar-refractivity contribution in [1.82, 2.24) is 9.80 Å². The van der Waals surface area contributed by atoms with Crippen LogP contribution in [0.5, 0.6) is 0 Å². The monoisotopic (exact) mass is 425 g/mol. The number of rotatable bonds is 8. The van der Waals surface area contributed by atoms with E-state index in [4.69, 9.17) is 5.26 Å². The minimum atomic E-state index is -3.40. The molecular formula is C23H27N3O3S. The van der Waals surface area contributed by atoms with Gasteiger partial charge in [-0.3, -0.25) is 9.69 Å². The number of carbonyl (C=O) groups is 1. The number of hydrogen-bond acceptors (Lipinski definition) is 5. The van der Waals surface area contributed by atoms with E-state index >= 15 is 0 Å². The normalized spacial score (nSPS) is 15.0. The molecule has 0 spiro atoms. The Morgan fingerprint density at radius 3 is 2.23 bits per heavy atom.